The summed E-state index contributed by atoms with van der Waals surface area (Å²) in [7, 11) is 1.57. The number of nitrogens with one attached hydrogen (secondary N) is 1. The lowest BCUT2D eigenvalue weighted by Gasteiger charge is -2.13. The lowest BCUT2D eigenvalue weighted by molar-refractivity contribution is -0.123. The van der Waals surface area contributed by atoms with Crippen LogP contribution in [0, 0.1) is 13.8 Å². The third-order valence-electron chi connectivity index (χ3n) is 3.73. The number of rotatable bonds is 8. The predicted molar refractivity (Wildman–Crippen MR) is 111 cm³/mol. The molecule has 2 aromatic carbocycles. The maximum atomic E-state index is 11.9. The highest BCUT2D eigenvalue weighted by Crippen LogP contribution is 2.28. The smallest absolute Gasteiger partial charge is 0.277 e. The minimum absolute atomic E-state index is 0.0425. The SMILES string of the molecule is COc1cc(/C=N/NC(=O)COc2cc(C)c(Cl)c(C)c2)ccc1OC(C)C. The van der Waals surface area contributed by atoms with Crippen molar-refractivity contribution in [1.82, 2.24) is 5.43 Å². The lowest BCUT2D eigenvalue weighted by atomic mass is 10.1. The Bertz CT molecular complexity index is 842. The average Bonchev–Trinajstić information content (AvgIpc) is 2.65. The Morgan fingerprint density at radius 1 is 1.18 bits per heavy atom. The van der Waals surface area contributed by atoms with E-state index in [9.17, 15) is 4.79 Å². The molecule has 0 spiro atoms. The van der Waals surface area contributed by atoms with Crippen LogP contribution in [0.5, 0.6) is 17.2 Å². The first-order valence-corrected chi connectivity index (χ1v) is 9.24. The zero-order valence-corrected chi connectivity index (χ0v) is 17.5. The Kier molecular flexibility index (Phi) is 7.70. The molecule has 0 unspecified atom stereocenters. The molecule has 0 saturated carbocycles. The van der Waals surface area contributed by atoms with E-state index in [1.54, 1.807) is 31.4 Å². The van der Waals surface area contributed by atoms with Crippen LogP contribution in [-0.2, 0) is 4.79 Å². The third-order valence-corrected chi connectivity index (χ3v) is 4.33. The number of carbonyl (C=O) groups excluding carboxylic acids is 1. The van der Waals surface area contributed by atoms with Gasteiger partial charge in [0.15, 0.2) is 18.1 Å². The van der Waals surface area contributed by atoms with Gasteiger partial charge in [-0.2, -0.15) is 5.10 Å². The number of aryl methyl sites for hydroxylation is 2. The number of methoxy groups -OCH3 is 1. The van der Waals surface area contributed by atoms with Crippen LogP contribution >= 0.6 is 11.6 Å². The first-order chi connectivity index (χ1) is 13.3. The molecule has 150 valence electrons. The molecule has 1 amide bonds. The number of hydrogen-bond donors (Lipinski definition) is 1. The standard InChI is InChI=1S/C21H25ClN2O4/c1-13(2)28-18-7-6-16(10-19(18)26-5)11-23-24-20(25)12-27-17-8-14(3)21(22)15(4)9-17/h6-11,13H,12H2,1-5H3,(H,24,25)/b23-11+. The lowest BCUT2D eigenvalue weighted by Crippen LogP contribution is -2.24. The zero-order chi connectivity index (χ0) is 20.7. The fraction of sp³-hybridized carbons (Fsp3) is 0.333. The molecule has 0 atom stereocenters. The molecule has 7 heteroatoms. The maximum Gasteiger partial charge on any atom is 0.277 e. The van der Waals surface area contributed by atoms with Crippen molar-refractivity contribution in [2.75, 3.05) is 13.7 Å². The molecule has 0 radical (unpaired) electrons. The number of benzene rings is 2. The van der Waals surface area contributed by atoms with E-state index in [1.807, 2.05) is 33.8 Å². The normalized spacial score (nSPS) is 11.0. The van der Waals surface area contributed by atoms with Gasteiger partial charge in [-0.1, -0.05) is 11.6 Å². The van der Waals surface area contributed by atoms with Crippen molar-refractivity contribution in [3.8, 4) is 17.2 Å². The highest BCUT2D eigenvalue weighted by molar-refractivity contribution is 6.32. The molecule has 0 aliphatic carbocycles. The topological polar surface area (TPSA) is 69.2 Å². The highest BCUT2D eigenvalue weighted by Gasteiger charge is 2.08. The molecule has 0 heterocycles. The Morgan fingerprint density at radius 3 is 2.46 bits per heavy atom. The molecule has 28 heavy (non-hydrogen) atoms. The molecule has 1 N–H and O–H groups in total. The Balaban J connectivity index is 1.91. The second kappa shape index (κ2) is 9.99. The molecule has 0 bridgehead atoms. The molecular formula is C21H25ClN2O4. The summed E-state index contributed by atoms with van der Waals surface area (Å²) in [6, 6.07) is 8.99. The second-order valence-corrected chi connectivity index (χ2v) is 6.91. The number of halogens is 1. The fourth-order valence-corrected chi connectivity index (χ4v) is 2.57. The van der Waals surface area contributed by atoms with Gasteiger partial charge >= 0.3 is 0 Å². The van der Waals surface area contributed by atoms with Crippen LogP contribution in [0.4, 0.5) is 0 Å². The summed E-state index contributed by atoms with van der Waals surface area (Å²) in [5.41, 5.74) is 4.99. The van der Waals surface area contributed by atoms with E-state index in [2.05, 4.69) is 10.5 Å². The molecule has 0 fully saturated rings. The number of amides is 1. The molecule has 0 saturated heterocycles. The number of ether oxygens (including phenoxy) is 3. The van der Waals surface area contributed by atoms with Crippen molar-refractivity contribution in [2.24, 2.45) is 5.10 Å². The summed E-state index contributed by atoms with van der Waals surface area (Å²) in [6.07, 6.45) is 1.57. The number of carbonyl (C=O) groups is 1. The summed E-state index contributed by atoms with van der Waals surface area (Å²) in [4.78, 5) is 11.9. The number of hydrogen-bond acceptors (Lipinski definition) is 5. The van der Waals surface area contributed by atoms with Crippen LogP contribution in [-0.4, -0.2) is 31.9 Å². The molecular weight excluding hydrogens is 380 g/mol. The van der Waals surface area contributed by atoms with Crippen LogP contribution < -0.4 is 19.6 Å². The fourth-order valence-electron chi connectivity index (χ4n) is 2.47. The van der Waals surface area contributed by atoms with Gasteiger partial charge in [-0.15, -0.1) is 0 Å². The van der Waals surface area contributed by atoms with Crippen LogP contribution in [0.25, 0.3) is 0 Å². The summed E-state index contributed by atoms with van der Waals surface area (Å²) in [5.74, 6) is 1.47. The molecule has 6 nitrogen and oxygen atoms in total. The monoisotopic (exact) mass is 404 g/mol. The molecule has 0 aliphatic rings. The first kappa shape index (κ1) is 21.6. The largest absolute Gasteiger partial charge is 0.493 e. The zero-order valence-electron chi connectivity index (χ0n) is 16.7. The van der Waals surface area contributed by atoms with Gasteiger partial charge in [0.05, 0.1) is 19.4 Å². The summed E-state index contributed by atoms with van der Waals surface area (Å²) in [6.45, 7) is 7.51. The quantitative estimate of drug-likeness (QED) is 0.526. The molecule has 0 aromatic heterocycles. The third kappa shape index (κ3) is 6.16. The van der Waals surface area contributed by atoms with Gasteiger partial charge in [-0.25, -0.2) is 5.43 Å². The van der Waals surface area contributed by atoms with E-state index in [0.29, 0.717) is 22.3 Å². The Morgan fingerprint density at radius 2 is 1.86 bits per heavy atom. The van der Waals surface area contributed by atoms with Gasteiger partial charge in [-0.05, 0) is 74.7 Å². The van der Waals surface area contributed by atoms with E-state index in [0.717, 1.165) is 16.7 Å². The van der Waals surface area contributed by atoms with Crippen molar-refractivity contribution in [1.29, 1.82) is 0 Å². The first-order valence-electron chi connectivity index (χ1n) is 8.86. The van der Waals surface area contributed by atoms with Crippen LogP contribution in [0.15, 0.2) is 35.4 Å². The second-order valence-electron chi connectivity index (χ2n) is 6.53. The van der Waals surface area contributed by atoms with Crippen LogP contribution in [0.3, 0.4) is 0 Å². The van der Waals surface area contributed by atoms with Crippen LogP contribution in [0.2, 0.25) is 5.02 Å². The molecule has 2 aromatic rings. The maximum absolute atomic E-state index is 11.9. The van der Waals surface area contributed by atoms with Gasteiger partial charge in [0.2, 0.25) is 0 Å². The van der Waals surface area contributed by atoms with Crippen molar-refractivity contribution < 1.29 is 19.0 Å². The van der Waals surface area contributed by atoms with Crippen LogP contribution in [0.1, 0.15) is 30.5 Å². The number of hydrazone groups is 1. The van der Waals surface area contributed by atoms with Gasteiger partial charge in [0.25, 0.3) is 5.91 Å². The summed E-state index contributed by atoms with van der Waals surface area (Å²) in [5, 5.41) is 4.64. The van der Waals surface area contributed by atoms with E-state index in [1.165, 1.54) is 6.21 Å². The summed E-state index contributed by atoms with van der Waals surface area (Å²) >= 11 is 6.12. The van der Waals surface area contributed by atoms with E-state index < -0.39 is 0 Å². The van der Waals surface area contributed by atoms with Crippen molar-refractivity contribution in [2.45, 2.75) is 33.8 Å². The van der Waals surface area contributed by atoms with Gasteiger partial charge in [-0.3, -0.25) is 4.79 Å². The molecule has 0 aliphatic heterocycles. The van der Waals surface area contributed by atoms with Crippen molar-refractivity contribution in [3.05, 3.63) is 52.0 Å². The summed E-state index contributed by atoms with van der Waals surface area (Å²) < 4.78 is 16.5. The average molecular weight is 405 g/mol. The minimum atomic E-state index is -0.367. The van der Waals surface area contributed by atoms with Gasteiger partial charge in [0.1, 0.15) is 5.75 Å². The van der Waals surface area contributed by atoms with E-state index >= 15 is 0 Å². The van der Waals surface area contributed by atoms with Gasteiger partial charge in [0, 0.05) is 5.02 Å². The highest BCUT2D eigenvalue weighted by atomic mass is 35.5. The molecule has 2 rings (SSSR count). The van der Waals surface area contributed by atoms with E-state index in [-0.39, 0.29) is 18.6 Å². The predicted octanol–water partition coefficient (Wildman–Crippen LogP) is 4.28. The Labute approximate surface area is 170 Å². The minimum Gasteiger partial charge on any atom is -0.493 e. The van der Waals surface area contributed by atoms with E-state index in [4.69, 9.17) is 25.8 Å². The number of nitrogens with zero attached hydrogens (tertiary/aromatic N) is 1. The van der Waals surface area contributed by atoms with Gasteiger partial charge < -0.3 is 14.2 Å². The Hall–Kier alpha value is -2.73. The van der Waals surface area contributed by atoms with Crippen molar-refractivity contribution in [3.63, 3.8) is 0 Å². The van der Waals surface area contributed by atoms with Crippen molar-refractivity contribution >= 4 is 23.7 Å².